The normalized spacial score (nSPS) is 18.3. The molecule has 5 N–H and O–H groups in total. The Bertz CT molecular complexity index is 1440. The van der Waals surface area contributed by atoms with E-state index >= 15 is 4.39 Å². The molecule has 1 aliphatic heterocycles. The zero-order valence-corrected chi connectivity index (χ0v) is 29.1. The number of hydrogen-bond acceptors (Lipinski definition) is 6. The molecule has 16 heteroatoms. The van der Waals surface area contributed by atoms with Gasteiger partial charge in [0.2, 0.25) is 24.1 Å². The lowest BCUT2D eigenvalue weighted by Crippen LogP contribution is -2.56. The predicted molar refractivity (Wildman–Crippen MR) is 180 cm³/mol. The van der Waals surface area contributed by atoms with Crippen LogP contribution in [0.15, 0.2) is 35.5 Å². The molecule has 3 unspecified atom stereocenters. The number of rotatable bonds is 17. The third kappa shape index (κ3) is 11.7. The number of piperidine rings is 1. The van der Waals surface area contributed by atoms with Gasteiger partial charge in [0.05, 0.1) is 5.69 Å². The minimum atomic E-state index is -4.69. The van der Waals surface area contributed by atoms with Gasteiger partial charge in [-0.15, -0.1) is 0 Å². The van der Waals surface area contributed by atoms with Gasteiger partial charge in [0.1, 0.15) is 30.2 Å². The Morgan fingerprint density at radius 2 is 1.75 bits per heavy atom. The fourth-order valence-electron chi connectivity index (χ4n) is 6.12. The topological polar surface area (TPSA) is 146 Å². The van der Waals surface area contributed by atoms with Crippen LogP contribution in [-0.2, 0) is 24.6 Å². The standard InChI is InChI=1S/C35H48F6N6O4/c1-4-21(3)7-6-8-27(45-31(49)26(11-16-42)43-20-35(39,40)41)32(50)44-25-10-9-23(19-24(25)36)34(14-15-34)29(46-28(48)5-2)33(51)47-17-12-22(13-18-47)30(37)38/h9-11,16,19,21-22,27,29-30H,4-8,12-15,17-18,20,42H2,1-3H3,(H,44,50)(H,45,49)(H,46,48)/b16-11-,43-26?. The highest BCUT2D eigenvalue weighted by atomic mass is 19.4. The number of nitrogens with one attached hydrogen (secondary N) is 3. The van der Waals surface area contributed by atoms with Crippen LogP contribution in [0.25, 0.3) is 0 Å². The van der Waals surface area contributed by atoms with Crippen molar-refractivity contribution in [1.82, 2.24) is 15.5 Å². The predicted octanol–water partition coefficient (Wildman–Crippen LogP) is 5.37. The lowest BCUT2D eigenvalue weighted by molar-refractivity contribution is -0.139. The van der Waals surface area contributed by atoms with E-state index < -0.39 is 77.7 Å². The summed E-state index contributed by atoms with van der Waals surface area (Å²) >= 11 is 0. The van der Waals surface area contributed by atoms with E-state index in [9.17, 15) is 41.1 Å². The maximum Gasteiger partial charge on any atom is 0.407 e. The number of anilines is 1. The maximum absolute atomic E-state index is 15.7. The van der Waals surface area contributed by atoms with E-state index in [2.05, 4.69) is 20.9 Å². The first-order valence-corrected chi connectivity index (χ1v) is 17.3. The van der Waals surface area contributed by atoms with E-state index in [4.69, 9.17) is 5.73 Å². The molecule has 0 spiro atoms. The van der Waals surface area contributed by atoms with Gasteiger partial charge in [0.15, 0.2) is 0 Å². The fraction of sp³-hybridized carbons (Fsp3) is 0.629. The van der Waals surface area contributed by atoms with Gasteiger partial charge in [-0.3, -0.25) is 24.2 Å². The Morgan fingerprint density at radius 1 is 1.08 bits per heavy atom. The van der Waals surface area contributed by atoms with Gasteiger partial charge in [-0.05, 0) is 68.0 Å². The Kier molecular flexibility index (Phi) is 14.9. The summed E-state index contributed by atoms with van der Waals surface area (Å²) in [6.45, 7) is 4.19. The van der Waals surface area contributed by atoms with Crippen molar-refractivity contribution in [3.05, 3.63) is 41.9 Å². The van der Waals surface area contributed by atoms with Crippen LogP contribution in [0.1, 0.15) is 84.1 Å². The summed E-state index contributed by atoms with van der Waals surface area (Å²) in [7, 11) is 0. The highest BCUT2D eigenvalue weighted by Gasteiger charge is 2.55. The molecule has 1 heterocycles. The van der Waals surface area contributed by atoms with Gasteiger partial charge in [-0.25, -0.2) is 13.2 Å². The Morgan fingerprint density at radius 3 is 2.27 bits per heavy atom. The minimum Gasteiger partial charge on any atom is -0.405 e. The van der Waals surface area contributed by atoms with Gasteiger partial charge in [-0.2, -0.15) is 13.2 Å². The first-order chi connectivity index (χ1) is 24.0. The fourth-order valence-corrected chi connectivity index (χ4v) is 6.12. The van der Waals surface area contributed by atoms with Crippen molar-refractivity contribution in [3.63, 3.8) is 0 Å². The van der Waals surface area contributed by atoms with E-state index in [0.29, 0.717) is 37.2 Å². The van der Waals surface area contributed by atoms with Crippen LogP contribution < -0.4 is 21.7 Å². The SMILES string of the molecule is CCC(=O)NC(C(=O)N1CCC(C(F)F)CC1)C1(c2ccc(NC(=O)C(CCCC(C)CC)NC(=O)C(/C=C\N)=NCC(F)(F)F)c(F)c2)CC1. The quantitative estimate of drug-likeness (QED) is 0.126. The summed E-state index contributed by atoms with van der Waals surface area (Å²) in [6, 6.07) is 1.66. The van der Waals surface area contributed by atoms with Gasteiger partial charge in [0, 0.05) is 30.8 Å². The maximum atomic E-state index is 15.7. The smallest absolute Gasteiger partial charge is 0.405 e. The van der Waals surface area contributed by atoms with E-state index in [0.717, 1.165) is 24.8 Å². The Hall–Kier alpha value is -4.11. The number of carbonyl (C=O) groups excluding carboxylic acids is 4. The molecule has 0 bridgehead atoms. The summed E-state index contributed by atoms with van der Waals surface area (Å²) in [4.78, 5) is 57.4. The monoisotopic (exact) mass is 730 g/mol. The summed E-state index contributed by atoms with van der Waals surface area (Å²) in [5, 5.41) is 7.63. The molecule has 2 fully saturated rings. The number of carbonyl (C=O) groups is 4. The van der Waals surface area contributed by atoms with E-state index in [-0.39, 0.29) is 44.5 Å². The number of aliphatic imine (C=N–C) groups is 1. The number of amides is 4. The molecule has 284 valence electrons. The van der Waals surface area contributed by atoms with E-state index in [1.807, 2.05) is 13.8 Å². The zero-order valence-electron chi connectivity index (χ0n) is 29.1. The summed E-state index contributed by atoms with van der Waals surface area (Å²) in [5.74, 6) is -4.09. The van der Waals surface area contributed by atoms with Crippen molar-refractivity contribution in [3.8, 4) is 0 Å². The van der Waals surface area contributed by atoms with Crippen LogP contribution in [0.4, 0.5) is 32.0 Å². The van der Waals surface area contributed by atoms with Crippen LogP contribution in [-0.4, -0.2) is 78.6 Å². The van der Waals surface area contributed by atoms with E-state index in [1.54, 1.807) is 6.92 Å². The molecule has 1 saturated heterocycles. The summed E-state index contributed by atoms with van der Waals surface area (Å²) in [5.41, 5.74) is 3.85. The van der Waals surface area contributed by atoms with Crippen molar-refractivity contribution in [2.75, 3.05) is 25.0 Å². The van der Waals surface area contributed by atoms with E-state index in [1.165, 1.54) is 17.0 Å². The molecule has 1 aromatic rings. The van der Waals surface area contributed by atoms with Crippen molar-refractivity contribution in [2.45, 2.75) is 109 Å². The highest BCUT2D eigenvalue weighted by Crippen LogP contribution is 2.52. The summed E-state index contributed by atoms with van der Waals surface area (Å²) in [6.07, 6.45) is -2.13. The molecule has 0 aromatic heterocycles. The molecule has 51 heavy (non-hydrogen) atoms. The number of likely N-dealkylation sites (tertiary alicyclic amines) is 1. The lowest BCUT2D eigenvalue weighted by Gasteiger charge is -2.37. The number of hydrogen-bond donors (Lipinski definition) is 4. The largest absolute Gasteiger partial charge is 0.407 e. The van der Waals surface area contributed by atoms with Gasteiger partial charge >= 0.3 is 6.18 Å². The molecular formula is C35H48F6N6O4. The molecule has 10 nitrogen and oxygen atoms in total. The molecule has 1 saturated carbocycles. The number of nitrogens with zero attached hydrogens (tertiary/aromatic N) is 2. The van der Waals surface area contributed by atoms with Gasteiger partial charge < -0.3 is 26.6 Å². The van der Waals surface area contributed by atoms with Crippen molar-refractivity contribution < 1.29 is 45.5 Å². The first-order valence-electron chi connectivity index (χ1n) is 17.3. The average Bonchev–Trinajstić information content (AvgIpc) is 3.90. The molecule has 4 amide bonds. The van der Waals surface area contributed by atoms with Gasteiger partial charge in [-0.1, -0.05) is 46.1 Å². The number of alkyl halides is 5. The van der Waals surface area contributed by atoms with Crippen LogP contribution >= 0.6 is 0 Å². The molecule has 3 rings (SSSR count). The average molecular weight is 731 g/mol. The molecule has 0 radical (unpaired) electrons. The number of halogens is 6. The highest BCUT2D eigenvalue weighted by molar-refractivity contribution is 6.43. The van der Waals surface area contributed by atoms with Crippen molar-refractivity contribution in [1.29, 1.82) is 0 Å². The zero-order chi connectivity index (χ0) is 37.9. The summed E-state index contributed by atoms with van der Waals surface area (Å²) < 4.78 is 80.6. The minimum absolute atomic E-state index is 0.0832. The molecule has 1 aliphatic carbocycles. The van der Waals surface area contributed by atoms with Crippen LogP contribution in [0.2, 0.25) is 0 Å². The number of nitrogens with two attached hydrogens (primary N) is 1. The third-order valence-electron chi connectivity index (χ3n) is 9.65. The second kappa shape index (κ2) is 18.4. The Balaban J connectivity index is 1.83. The molecular weight excluding hydrogens is 682 g/mol. The molecule has 2 aliphatic rings. The third-order valence-corrected chi connectivity index (χ3v) is 9.65. The second-order valence-electron chi connectivity index (χ2n) is 13.3. The lowest BCUT2D eigenvalue weighted by atomic mass is 9.85. The van der Waals surface area contributed by atoms with Crippen molar-refractivity contribution >= 4 is 35.0 Å². The first kappa shape index (κ1) is 41.3. The Labute approximate surface area is 294 Å². The van der Waals surface area contributed by atoms with Crippen LogP contribution in [0, 0.1) is 17.7 Å². The molecule has 1 aromatic carbocycles. The van der Waals surface area contributed by atoms with Crippen molar-refractivity contribution in [2.24, 2.45) is 22.6 Å². The second-order valence-corrected chi connectivity index (χ2v) is 13.3. The molecule has 3 atom stereocenters. The van der Waals surface area contributed by atoms with Crippen LogP contribution in [0.3, 0.4) is 0 Å². The van der Waals surface area contributed by atoms with Gasteiger partial charge in [0.25, 0.3) is 5.91 Å². The van der Waals surface area contributed by atoms with Crippen LogP contribution in [0.5, 0.6) is 0 Å². The number of benzene rings is 1.